The van der Waals surface area contributed by atoms with Gasteiger partial charge >= 0.3 is 0 Å². The van der Waals surface area contributed by atoms with Crippen LogP contribution in [0.25, 0.3) is 0 Å². The maximum atomic E-state index is 13.8. The van der Waals surface area contributed by atoms with Gasteiger partial charge in [-0.2, -0.15) is 0 Å². The number of benzene rings is 3. The van der Waals surface area contributed by atoms with Crippen LogP contribution >= 0.6 is 0 Å². The molecule has 0 bridgehead atoms. The van der Waals surface area contributed by atoms with E-state index in [9.17, 15) is 19.7 Å². The van der Waals surface area contributed by atoms with Gasteiger partial charge in [-0.25, -0.2) is 0 Å². The minimum absolute atomic E-state index is 0.0317. The molecule has 0 saturated carbocycles. The number of hydrogen-bond acceptors (Lipinski definition) is 5. The zero-order valence-corrected chi connectivity index (χ0v) is 18.9. The molecule has 6 nitrogen and oxygen atoms in total. The van der Waals surface area contributed by atoms with Gasteiger partial charge in [0.2, 0.25) is 0 Å². The van der Waals surface area contributed by atoms with Crippen LogP contribution in [0.1, 0.15) is 43.4 Å². The summed E-state index contributed by atoms with van der Waals surface area (Å²) in [6.45, 7) is 4.30. The van der Waals surface area contributed by atoms with Gasteiger partial charge in [-0.15, -0.1) is 0 Å². The molecule has 0 spiro atoms. The molecule has 0 aromatic heterocycles. The van der Waals surface area contributed by atoms with Crippen LogP contribution in [0.5, 0.6) is 0 Å². The molecular weight excluding hydrogens is 416 g/mol. The van der Waals surface area contributed by atoms with Crippen molar-refractivity contribution in [3.8, 4) is 0 Å². The van der Waals surface area contributed by atoms with Crippen molar-refractivity contribution in [3.05, 3.63) is 111 Å². The minimum atomic E-state index is -0.659. The second-order valence-corrected chi connectivity index (χ2v) is 8.83. The molecule has 0 N–H and O–H groups in total. The number of hydrogen-bond donors (Lipinski definition) is 0. The van der Waals surface area contributed by atoms with E-state index in [4.69, 9.17) is 0 Å². The first-order valence-electron chi connectivity index (χ1n) is 10.9. The Morgan fingerprint density at radius 2 is 1.42 bits per heavy atom. The van der Waals surface area contributed by atoms with E-state index in [1.54, 1.807) is 36.4 Å². The van der Waals surface area contributed by atoms with Crippen molar-refractivity contribution < 1.29 is 14.5 Å². The second-order valence-electron chi connectivity index (χ2n) is 8.83. The first kappa shape index (κ1) is 22.6. The number of aryl methyl sites for hydroxylation is 2. The zero-order chi connectivity index (χ0) is 23.7. The topological polar surface area (TPSA) is 80.5 Å². The monoisotopic (exact) mass is 442 g/mol. The van der Waals surface area contributed by atoms with Crippen LogP contribution < -0.4 is 0 Å². The summed E-state index contributed by atoms with van der Waals surface area (Å²) in [6.07, 6.45) is 0. The van der Waals surface area contributed by atoms with E-state index in [1.807, 2.05) is 50.1 Å². The quantitative estimate of drug-likeness (QED) is 0.298. The van der Waals surface area contributed by atoms with Crippen molar-refractivity contribution in [1.82, 2.24) is 4.90 Å². The lowest BCUT2D eigenvalue weighted by atomic mass is 9.78. The Morgan fingerprint density at radius 3 is 1.97 bits per heavy atom. The van der Waals surface area contributed by atoms with Gasteiger partial charge in [0.1, 0.15) is 0 Å². The molecule has 3 unspecified atom stereocenters. The lowest BCUT2D eigenvalue weighted by Crippen LogP contribution is -2.30. The molecule has 0 aliphatic carbocycles. The highest BCUT2D eigenvalue weighted by Gasteiger charge is 2.48. The molecule has 4 rings (SSSR count). The van der Waals surface area contributed by atoms with Gasteiger partial charge in [-0.1, -0.05) is 71.8 Å². The molecule has 33 heavy (non-hydrogen) atoms. The van der Waals surface area contributed by atoms with Crippen LogP contribution in [0.4, 0.5) is 5.69 Å². The standard InChI is InChI=1S/C27H26N2O4/c1-17-7-11-19(12-8-17)26(30)23-16-28(3)25(21-5-4-6-22(15-21)29(32)33)24(23)27(31)20-13-9-18(2)10-14-20/h4-15,23-25H,16H2,1-3H3. The molecule has 1 saturated heterocycles. The van der Waals surface area contributed by atoms with Crippen molar-refractivity contribution in [3.63, 3.8) is 0 Å². The summed E-state index contributed by atoms with van der Waals surface area (Å²) < 4.78 is 0. The summed E-state index contributed by atoms with van der Waals surface area (Å²) in [5.41, 5.74) is 3.83. The van der Waals surface area contributed by atoms with Gasteiger partial charge in [0, 0.05) is 41.8 Å². The minimum Gasteiger partial charge on any atom is -0.298 e. The smallest absolute Gasteiger partial charge is 0.269 e. The van der Waals surface area contributed by atoms with E-state index in [-0.39, 0.29) is 17.3 Å². The average molecular weight is 443 g/mol. The number of nitro benzene ring substituents is 1. The first-order valence-corrected chi connectivity index (χ1v) is 10.9. The number of nitrogens with zero attached hydrogens (tertiary/aromatic N) is 2. The number of non-ortho nitro benzene ring substituents is 1. The van der Waals surface area contributed by atoms with Crippen molar-refractivity contribution in [2.45, 2.75) is 19.9 Å². The second kappa shape index (κ2) is 9.08. The molecule has 3 aromatic rings. The van der Waals surface area contributed by atoms with E-state index in [0.717, 1.165) is 11.1 Å². The molecule has 1 aliphatic rings. The average Bonchev–Trinajstić information content (AvgIpc) is 3.16. The lowest BCUT2D eigenvalue weighted by molar-refractivity contribution is -0.385. The Labute approximate surface area is 193 Å². The summed E-state index contributed by atoms with van der Waals surface area (Å²) in [4.78, 5) is 40.3. The van der Waals surface area contributed by atoms with Gasteiger partial charge in [0.25, 0.3) is 5.69 Å². The molecule has 1 fully saturated rings. The van der Waals surface area contributed by atoms with Crippen LogP contribution in [0, 0.1) is 35.8 Å². The van der Waals surface area contributed by atoms with Crippen LogP contribution in [-0.4, -0.2) is 35.0 Å². The fourth-order valence-corrected chi connectivity index (χ4v) is 4.73. The van der Waals surface area contributed by atoms with Crippen molar-refractivity contribution in [2.24, 2.45) is 11.8 Å². The first-order chi connectivity index (χ1) is 15.8. The molecule has 6 heteroatoms. The predicted octanol–water partition coefficient (Wildman–Crippen LogP) is 5.20. The number of rotatable bonds is 6. The number of Topliss-reactive ketones (excluding diaryl/α,β-unsaturated/α-hetero) is 2. The lowest BCUT2D eigenvalue weighted by Gasteiger charge is -2.26. The van der Waals surface area contributed by atoms with Crippen LogP contribution in [0.3, 0.4) is 0 Å². The number of carbonyl (C=O) groups is 2. The molecule has 0 amide bonds. The highest BCUT2D eigenvalue weighted by Crippen LogP contribution is 2.43. The molecule has 168 valence electrons. The summed E-state index contributed by atoms with van der Waals surface area (Å²) in [5.74, 6) is -1.43. The Morgan fingerprint density at radius 1 is 0.879 bits per heavy atom. The molecule has 3 aromatic carbocycles. The molecule has 1 heterocycles. The largest absolute Gasteiger partial charge is 0.298 e. The number of ketones is 2. The molecule has 1 aliphatic heterocycles. The van der Waals surface area contributed by atoms with Gasteiger partial charge in [-0.05, 0) is 26.5 Å². The van der Waals surface area contributed by atoms with Crippen molar-refractivity contribution >= 4 is 17.3 Å². The summed E-state index contributed by atoms with van der Waals surface area (Å²) >= 11 is 0. The normalized spacial score (nSPS) is 20.5. The number of carbonyl (C=O) groups excluding carboxylic acids is 2. The summed E-state index contributed by atoms with van der Waals surface area (Å²) in [7, 11) is 1.86. The Bertz CT molecular complexity index is 1200. The maximum absolute atomic E-state index is 13.8. The Balaban J connectivity index is 1.79. The van der Waals surface area contributed by atoms with Crippen LogP contribution in [0.15, 0.2) is 72.8 Å². The van der Waals surface area contributed by atoms with E-state index >= 15 is 0 Å². The van der Waals surface area contributed by atoms with Crippen molar-refractivity contribution in [2.75, 3.05) is 13.6 Å². The number of likely N-dealkylation sites (tertiary alicyclic amines) is 1. The van der Waals surface area contributed by atoms with Gasteiger partial charge in [0.15, 0.2) is 11.6 Å². The third-order valence-electron chi connectivity index (χ3n) is 6.47. The van der Waals surface area contributed by atoms with Crippen molar-refractivity contribution in [1.29, 1.82) is 0 Å². The third-order valence-corrected chi connectivity index (χ3v) is 6.47. The van der Waals surface area contributed by atoms with Crippen LogP contribution in [-0.2, 0) is 0 Å². The predicted molar refractivity (Wildman–Crippen MR) is 126 cm³/mol. The van der Waals surface area contributed by atoms with E-state index < -0.39 is 22.8 Å². The number of nitro groups is 1. The van der Waals surface area contributed by atoms with Gasteiger partial charge < -0.3 is 0 Å². The van der Waals surface area contributed by atoms with E-state index in [0.29, 0.717) is 23.2 Å². The third kappa shape index (κ3) is 4.47. The van der Waals surface area contributed by atoms with E-state index in [2.05, 4.69) is 0 Å². The Kier molecular flexibility index (Phi) is 6.20. The van der Waals surface area contributed by atoms with Gasteiger partial charge in [0.05, 0.1) is 10.8 Å². The summed E-state index contributed by atoms with van der Waals surface area (Å²) in [6, 6.07) is 20.6. The van der Waals surface area contributed by atoms with E-state index in [1.165, 1.54) is 12.1 Å². The fraction of sp³-hybridized carbons (Fsp3) is 0.259. The SMILES string of the molecule is Cc1ccc(C(=O)C2CN(C)C(c3cccc([N+](=O)[O-])c3)C2C(=O)c2ccc(C)cc2)cc1. The highest BCUT2D eigenvalue weighted by molar-refractivity contribution is 6.06. The van der Waals surface area contributed by atoms with Gasteiger partial charge in [-0.3, -0.25) is 24.6 Å². The maximum Gasteiger partial charge on any atom is 0.269 e. The Hall–Kier alpha value is -3.64. The summed E-state index contributed by atoms with van der Waals surface area (Å²) in [5, 5.41) is 11.4. The zero-order valence-electron chi connectivity index (χ0n) is 18.9. The van der Waals surface area contributed by atoms with Crippen LogP contribution in [0.2, 0.25) is 0 Å². The molecular formula is C27H26N2O4. The fourth-order valence-electron chi connectivity index (χ4n) is 4.73. The molecule has 0 radical (unpaired) electrons. The molecule has 3 atom stereocenters. The highest BCUT2D eigenvalue weighted by atomic mass is 16.6.